The van der Waals surface area contributed by atoms with Crippen LogP contribution in [-0.2, 0) is 9.59 Å². The summed E-state index contributed by atoms with van der Waals surface area (Å²) < 4.78 is 14.3. The smallest absolute Gasteiger partial charge is 0.248 e. The number of nitrogens with one attached hydrogen (secondary N) is 2. The average molecular weight is 412 g/mol. The maximum absolute atomic E-state index is 13.6. The van der Waals surface area contributed by atoms with E-state index in [0.29, 0.717) is 15.8 Å². The molecule has 0 aliphatic carbocycles. The molecule has 0 fully saturated rings. The number of anilines is 2. The number of benzene rings is 2. The van der Waals surface area contributed by atoms with E-state index in [9.17, 15) is 14.0 Å². The van der Waals surface area contributed by atoms with E-state index < -0.39 is 11.7 Å². The summed E-state index contributed by atoms with van der Waals surface area (Å²) in [4.78, 5) is 22.9. The van der Waals surface area contributed by atoms with Crippen molar-refractivity contribution in [3.63, 3.8) is 0 Å². The van der Waals surface area contributed by atoms with Crippen LogP contribution in [0.2, 0.25) is 5.02 Å². The van der Waals surface area contributed by atoms with Gasteiger partial charge in [-0.25, -0.2) is 4.39 Å². The first kappa shape index (κ1) is 18.2. The van der Waals surface area contributed by atoms with Crippen LogP contribution in [0.5, 0.6) is 0 Å². The maximum atomic E-state index is 13.6. The molecule has 2 amide bonds. The van der Waals surface area contributed by atoms with Crippen LogP contribution in [0, 0.1) is 5.82 Å². The lowest BCUT2D eigenvalue weighted by Gasteiger charge is -2.08. The molecule has 24 heavy (non-hydrogen) atoms. The Morgan fingerprint density at radius 3 is 2.58 bits per heavy atom. The van der Waals surface area contributed by atoms with Crippen molar-refractivity contribution in [3.05, 3.63) is 63.4 Å². The van der Waals surface area contributed by atoms with Crippen molar-refractivity contribution in [2.24, 2.45) is 0 Å². The molecule has 0 aromatic heterocycles. The highest BCUT2D eigenvalue weighted by atomic mass is 79.9. The van der Waals surface area contributed by atoms with E-state index >= 15 is 0 Å². The van der Waals surface area contributed by atoms with Crippen LogP contribution < -0.4 is 10.6 Å². The Morgan fingerprint density at radius 2 is 1.92 bits per heavy atom. The summed E-state index contributed by atoms with van der Waals surface area (Å²) in [7, 11) is 0. The van der Waals surface area contributed by atoms with Crippen LogP contribution in [0.4, 0.5) is 15.8 Å². The van der Waals surface area contributed by atoms with Gasteiger partial charge in [-0.1, -0.05) is 27.5 Å². The van der Waals surface area contributed by atoms with Gasteiger partial charge in [0.15, 0.2) is 0 Å². The molecule has 0 unspecified atom stereocenters. The lowest BCUT2D eigenvalue weighted by atomic mass is 10.2. The molecule has 0 aliphatic heterocycles. The topological polar surface area (TPSA) is 58.2 Å². The molecule has 0 saturated heterocycles. The third-order valence-corrected chi connectivity index (χ3v) is 3.73. The molecule has 2 N–H and O–H groups in total. The van der Waals surface area contributed by atoms with Crippen LogP contribution in [0.3, 0.4) is 0 Å². The number of amides is 2. The van der Waals surface area contributed by atoms with Gasteiger partial charge < -0.3 is 10.6 Å². The fourth-order valence-corrected chi connectivity index (χ4v) is 2.49. The van der Waals surface area contributed by atoms with Crippen LogP contribution in [0.1, 0.15) is 12.5 Å². The summed E-state index contributed by atoms with van der Waals surface area (Å²) in [5.41, 5.74) is 1.19. The van der Waals surface area contributed by atoms with Crippen LogP contribution in [0.25, 0.3) is 6.08 Å². The van der Waals surface area contributed by atoms with E-state index in [0.717, 1.165) is 0 Å². The third-order valence-electron chi connectivity index (χ3n) is 2.92. The van der Waals surface area contributed by atoms with E-state index in [4.69, 9.17) is 11.6 Å². The summed E-state index contributed by atoms with van der Waals surface area (Å²) in [6, 6.07) is 9.15. The first-order valence-electron chi connectivity index (χ1n) is 6.86. The van der Waals surface area contributed by atoms with Gasteiger partial charge in [0.1, 0.15) is 5.82 Å². The molecule has 0 bridgehead atoms. The van der Waals surface area contributed by atoms with Crippen molar-refractivity contribution < 1.29 is 14.0 Å². The molecular weight excluding hydrogens is 399 g/mol. The lowest BCUT2D eigenvalue weighted by molar-refractivity contribution is -0.114. The van der Waals surface area contributed by atoms with E-state index in [1.807, 2.05) is 0 Å². The van der Waals surface area contributed by atoms with Gasteiger partial charge in [-0.3, -0.25) is 9.59 Å². The maximum Gasteiger partial charge on any atom is 0.248 e. The fraction of sp³-hybridized carbons (Fsp3) is 0.0588. The second-order valence-corrected chi connectivity index (χ2v) is 6.19. The molecule has 2 aromatic carbocycles. The average Bonchev–Trinajstić information content (AvgIpc) is 2.50. The zero-order valence-electron chi connectivity index (χ0n) is 12.6. The SMILES string of the molecule is CC(=O)Nc1ccc(NC(=O)/C=C/c2cc(Br)ccc2F)c(Cl)c1. The predicted molar refractivity (Wildman–Crippen MR) is 97.5 cm³/mol. The highest BCUT2D eigenvalue weighted by Crippen LogP contribution is 2.25. The van der Waals surface area contributed by atoms with Gasteiger partial charge in [0, 0.05) is 28.7 Å². The Labute approximate surface area is 151 Å². The Balaban J connectivity index is 2.08. The largest absolute Gasteiger partial charge is 0.326 e. The molecule has 2 rings (SSSR count). The Morgan fingerprint density at radius 1 is 1.17 bits per heavy atom. The summed E-state index contributed by atoms with van der Waals surface area (Å²) in [5, 5.41) is 5.45. The monoisotopic (exact) mass is 410 g/mol. The molecule has 2 aromatic rings. The number of carbonyl (C=O) groups excluding carboxylic acids is 2. The first-order chi connectivity index (χ1) is 11.3. The molecule has 0 spiro atoms. The van der Waals surface area contributed by atoms with Crippen molar-refractivity contribution >= 4 is 56.8 Å². The first-order valence-corrected chi connectivity index (χ1v) is 8.03. The Hall–Kier alpha value is -2.18. The standard InChI is InChI=1S/C17H13BrClFN2O2/c1-10(23)21-13-4-6-16(14(19)9-13)22-17(24)7-2-11-8-12(18)3-5-15(11)20/h2-9H,1H3,(H,21,23)(H,22,24)/b7-2+. The molecule has 0 aliphatic rings. The second-order valence-electron chi connectivity index (χ2n) is 4.86. The molecular formula is C17H13BrClFN2O2. The van der Waals surface area contributed by atoms with Crippen molar-refractivity contribution in [3.8, 4) is 0 Å². The van der Waals surface area contributed by atoms with Crippen LogP contribution >= 0.6 is 27.5 Å². The summed E-state index contributed by atoms with van der Waals surface area (Å²) in [6.45, 7) is 1.38. The van der Waals surface area contributed by atoms with E-state index in [-0.39, 0.29) is 16.5 Å². The van der Waals surface area contributed by atoms with Gasteiger partial charge in [0.05, 0.1) is 10.7 Å². The highest BCUT2D eigenvalue weighted by Gasteiger charge is 2.06. The van der Waals surface area contributed by atoms with Gasteiger partial charge >= 0.3 is 0 Å². The number of rotatable bonds is 4. The number of halogens is 3. The van der Waals surface area contributed by atoms with Crippen molar-refractivity contribution in [2.45, 2.75) is 6.92 Å². The number of hydrogen-bond donors (Lipinski definition) is 2. The van der Waals surface area contributed by atoms with Crippen molar-refractivity contribution in [1.82, 2.24) is 0 Å². The van der Waals surface area contributed by atoms with Crippen molar-refractivity contribution in [1.29, 1.82) is 0 Å². The quantitative estimate of drug-likeness (QED) is 0.707. The van der Waals surface area contributed by atoms with E-state index in [1.54, 1.807) is 24.3 Å². The second kappa shape index (κ2) is 8.08. The van der Waals surface area contributed by atoms with Crippen molar-refractivity contribution in [2.75, 3.05) is 10.6 Å². The van der Waals surface area contributed by atoms with Gasteiger partial charge in [0.2, 0.25) is 11.8 Å². The molecule has 4 nitrogen and oxygen atoms in total. The molecule has 0 radical (unpaired) electrons. The van der Waals surface area contributed by atoms with Gasteiger partial charge in [0.25, 0.3) is 0 Å². The number of carbonyl (C=O) groups is 2. The summed E-state index contributed by atoms with van der Waals surface area (Å²) in [6.07, 6.45) is 2.58. The van der Waals surface area contributed by atoms with Crippen LogP contribution in [0.15, 0.2) is 46.9 Å². The molecule has 0 atom stereocenters. The summed E-state index contributed by atoms with van der Waals surface area (Å²) in [5.74, 6) is -1.11. The minimum absolute atomic E-state index is 0.221. The molecule has 0 saturated carbocycles. The Bertz CT molecular complexity index is 824. The van der Waals surface area contributed by atoms with Crippen LogP contribution in [-0.4, -0.2) is 11.8 Å². The Kier molecular flexibility index (Phi) is 6.11. The minimum atomic E-state index is -0.455. The zero-order valence-corrected chi connectivity index (χ0v) is 14.9. The van der Waals surface area contributed by atoms with E-state index in [1.165, 1.54) is 31.2 Å². The molecule has 124 valence electrons. The summed E-state index contributed by atoms with van der Waals surface area (Å²) >= 11 is 9.31. The highest BCUT2D eigenvalue weighted by molar-refractivity contribution is 9.10. The van der Waals surface area contributed by atoms with E-state index in [2.05, 4.69) is 26.6 Å². The number of hydrogen-bond acceptors (Lipinski definition) is 2. The lowest BCUT2D eigenvalue weighted by Crippen LogP contribution is -2.09. The van der Waals surface area contributed by atoms with Gasteiger partial charge in [-0.2, -0.15) is 0 Å². The van der Waals surface area contributed by atoms with Gasteiger partial charge in [-0.05, 0) is 42.5 Å². The molecule has 7 heteroatoms. The predicted octanol–water partition coefficient (Wildman–Crippen LogP) is 4.85. The van der Waals surface area contributed by atoms with Gasteiger partial charge in [-0.15, -0.1) is 0 Å². The zero-order chi connectivity index (χ0) is 17.7. The molecule has 0 heterocycles. The normalized spacial score (nSPS) is 10.7. The third kappa shape index (κ3) is 5.18. The fourth-order valence-electron chi connectivity index (χ4n) is 1.88. The minimum Gasteiger partial charge on any atom is -0.326 e.